The van der Waals surface area contributed by atoms with Gasteiger partial charge in [-0.2, -0.15) is 0 Å². The van der Waals surface area contributed by atoms with E-state index in [9.17, 15) is 9.59 Å². The summed E-state index contributed by atoms with van der Waals surface area (Å²) in [5.74, 6) is 1.45. The van der Waals surface area contributed by atoms with Crippen molar-refractivity contribution in [2.75, 3.05) is 13.1 Å². The van der Waals surface area contributed by atoms with Crippen LogP contribution >= 0.6 is 0 Å². The smallest absolute Gasteiger partial charge is 0.225 e. The van der Waals surface area contributed by atoms with E-state index in [1.54, 1.807) is 0 Å². The molecule has 2 fully saturated rings. The van der Waals surface area contributed by atoms with Gasteiger partial charge >= 0.3 is 0 Å². The van der Waals surface area contributed by atoms with Gasteiger partial charge in [0.15, 0.2) is 5.78 Å². The average molecular weight is 335 g/mol. The van der Waals surface area contributed by atoms with Crippen molar-refractivity contribution in [2.24, 2.45) is 5.92 Å². The topological polar surface area (TPSA) is 46.6 Å². The van der Waals surface area contributed by atoms with Crippen LogP contribution in [-0.2, 0) is 4.79 Å². The van der Waals surface area contributed by atoms with Gasteiger partial charge in [0, 0.05) is 37.2 Å². The second-order valence-electron chi connectivity index (χ2n) is 7.65. The highest BCUT2D eigenvalue weighted by Gasteiger charge is 2.45. The fourth-order valence-corrected chi connectivity index (χ4v) is 4.21. The van der Waals surface area contributed by atoms with Crippen LogP contribution in [0.25, 0.3) is 10.8 Å². The number of carbonyl (C=O) groups is 2. The zero-order valence-corrected chi connectivity index (χ0v) is 14.2. The lowest BCUT2D eigenvalue weighted by Crippen LogP contribution is -2.52. The summed E-state index contributed by atoms with van der Waals surface area (Å²) in [6, 6.07) is 11.9. The van der Waals surface area contributed by atoms with Crippen LogP contribution < -0.4 is 4.74 Å². The van der Waals surface area contributed by atoms with Gasteiger partial charge in [-0.1, -0.05) is 30.3 Å². The Hall–Kier alpha value is -2.36. The van der Waals surface area contributed by atoms with Crippen molar-refractivity contribution in [3.05, 3.63) is 42.0 Å². The summed E-state index contributed by atoms with van der Waals surface area (Å²) in [6.45, 7) is 1.39. The van der Waals surface area contributed by atoms with Crippen LogP contribution in [0, 0.1) is 5.92 Å². The third-order valence-electron chi connectivity index (χ3n) is 5.89. The molecule has 1 spiro atoms. The lowest BCUT2D eigenvalue weighted by atomic mass is 9.81. The van der Waals surface area contributed by atoms with E-state index in [4.69, 9.17) is 4.74 Å². The highest BCUT2D eigenvalue weighted by Crippen LogP contribution is 2.43. The van der Waals surface area contributed by atoms with Gasteiger partial charge in [0.1, 0.15) is 11.4 Å². The van der Waals surface area contributed by atoms with E-state index in [1.165, 1.54) is 0 Å². The second kappa shape index (κ2) is 5.32. The number of Topliss-reactive ketones (excluding diaryl/α,β-unsaturated/α-hetero) is 1. The molecule has 128 valence electrons. The zero-order chi connectivity index (χ0) is 17.0. The normalized spacial score (nSPS) is 21.9. The molecule has 0 atom stereocenters. The van der Waals surface area contributed by atoms with Crippen LogP contribution in [0.4, 0.5) is 0 Å². The fourth-order valence-electron chi connectivity index (χ4n) is 4.21. The van der Waals surface area contributed by atoms with Gasteiger partial charge in [-0.15, -0.1) is 0 Å². The van der Waals surface area contributed by atoms with Crippen LogP contribution in [0.1, 0.15) is 42.5 Å². The highest BCUT2D eigenvalue weighted by molar-refractivity contribution is 6.06. The molecule has 0 N–H and O–H groups in total. The molecular weight excluding hydrogens is 314 g/mol. The first-order valence-electron chi connectivity index (χ1n) is 9.18. The van der Waals surface area contributed by atoms with Crippen molar-refractivity contribution in [1.82, 2.24) is 4.90 Å². The number of rotatable bonds is 1. The number of nitrogens with zero attached hydrogens (tertiary/aromatic N) is 1. The monoisotopic (exact) mass is 335 g/mol. The van der Waals surface area contributed by atoms with Crippen molar-refractivity contribution < 1.29 is 14.3 Å². The van der Waals surface area contributed by atoms with Crippen LogP contribution in [0.5, 0.6) is 5.75 Å². The summed E-state index contributed by atoms with van der Waals surface area (Å²) in [4.78, 5) is 27.0. The SMILES string of the molecule is O=C1CC2(CCN(C(=O)C3CC3)CC2)Oc2c1ccc1ccccc21. The molecule has 4 nitrogen and oxygen atoms in total. The van der Waals surface area contributed by atoms with Gasteiger partial charge in [0.05, 0.1) is 12.0 Å². The van der Waals surface area contributed by atoms with Gasteiger partial charge in [-0.25, -0.2) is 0 Å². The molecule has 1 saturated heterocycles. The molecular formula is C21H21NO3. The Bertz CT molecular complexity index is 876. The molecule has 2 aromatic carbocycles. The molecule has 1 saturated carbocycles. The summed E-state index contributed by atoms with van der Waals surface area (Å²) < 4.78 is 6.49. The second-order valence-corrected chi connectivity index (χ2v) is 7.65. The van der Waals surface area contributed by atoms with Gasteiger partial charge in [-0.3, -0.25) is 9.59 Å². The number of ketones is 1. The molecule has 1 amide bonds. The molecule has 3 aliphatic rings. The maximum absolute atomic E-state index is 12.8. The minimum Gasteiger partial charge on any atom is -0.485 e. The predicted molar refractivity (Wildman–Crippen MR) is 94.8 cm³/mol. The number of hydrogen-bond donors (Lipinski definition) is 0. The molecule has 1 aliphatic carbocycles. The summed E-state index contributed by atoms with van der Waals surface area (Å²) >= 11 is 0. The molecule has 0 radical (unpaired) electrons. The maximum Gasteiger partial charge on any atom is 0.225 e. The average Bonchev–Trinajstić information content (AvgIpc) is 3.47. The van der Waals surface area contributed by atoms with E-state index in [0.29, 0.717) is 31.0 Å². The number of hydrogen-bond acceptors (Lipinski definition) is 3. The van der Waals surface area contributed by atoms with Crippen LogP contribution in [0.15, 0.2) is 36.4 Å². The molecule has 25 heavy (non-hydrogen) atoms. The third kappa shape index (κ3) is 2.43. The van der Waals surface area contributed by atoms with Gasteiger partial charge in [0.25, 0.3) is 0 Å². The fraction of sp³-hybridized carbons (Fsp3) is 0.429. The molecule has 5 rings (SSSR count). The summed E-state index contributed by atoms with van der Waals surface area (Å²) in [5.41, 5.74) is 0.245. The number of fused-ring (bicyclic) bond motifs is 3. The Balaban J connectivity index is 1.45. The number of amides is 1. The Morgan fingerprint density at radius 3 is 2.60 bits per heavy atom. The van der Waals surface area contributed by atoms with Crippen molar-refractivity contribution in [2.45, 2.75) is 37.7 Å². The number of likely N-dealkylation sites (tertiary alicyclic amines) is 1. The van der Waals surface area contributed by atoms with E-state index in [-0.39, 0.29) is 11.7 Å². The van der Waals surface area contributed by atoms with Crippen LogP contribution in [0.3, 0.4) is 0 Å². The number of piperidine rings is 1. The third-order valence-corrected chi connectivity index (χ3v) is 5.89. The molecule has 0 unspecified atom stereocenters. The molecule has 2 aromatic rings. The van der Waals surface area contributed by atoms with E-state index in [2.05, 4.69) is 0 Å². The highest BCUT2D eigenvalue weighted by atomic mass is 16.5. The standard InChI is InChI=1S/C21H21NO3/c23-18-13-21(9-11-22(12-10-21)20(24)15-5-6-15)25-19-16-4-2-1-3-14(16)7-8-17(18)19/h1-4,7-8,15H,5-6,9-13H2. The Morgan fingerprint density at radius 2 is 1.84 bits per heavy atom. The van der Waals surface area contributed by atoms with Gasteiger partial charge < -0.3 is 9.64 Å². The number of carbonyl (C=O) groups excluding carboxylic acids is 2. The lowest BCUT2D eigenvalue weighted by Gasteiger charge is -2.44. The zero-order valence-electron chi connectivity index (χ0n) is 14.2. The quantitative estimate of drug-likeness (QED) is 0.800. The number of ether oxygens (including phenoxy) is 1. The van der Waals surface area contributed by atoms with Crippen molar-refractivity contribution in [3.8, 4) is 5.75 Å². The van der Waals surface area contributed by atoms with E-state index < -0.39 is 5.60 Å². The minimum atomic E-state index is -0.450. The molecule has 0 aromatic heterocycles. The molecule has 2 heterocycles. The maximum atomic E-state index is 12.8. The van der Waals surface area contributed by atoms with Crippen LogP contribution in [0.2, 0.25) is 0 Å². The predicted octanol–water partition coefficient (Wildman–Crippen LogP) is 3.58. The number of benzene rings is 2. The Kier molecular flexibility index (Phi) is 3.18. The van der Waals surface area contributed by atoms with E-state index >= 15 is 0 Å². The van der Waals surface area contributed by atoms with Crippen molar-refractivity contribution >= 4 is 22.5 Å². The first kappa shape index (κ1) is 14.9. The lowest BCUT2D eigenvalue weighted by molar-refractivity contribution is -0.136. The van der Waals surface area contributed by atoms with Gasteiger partial charge in [0.2, 0.25) is 5.91 Å². The molecule has 4 heteroatoms. The Morgan fingerprint density at radius 1 is 1.08 bits per heavy atom. The summed E-state index contributed by atoms with van der Waals surface area (Å²) in [6.07, 6.45) is 3.97. The van der Waals surface area contributed by atoms with Gasteiger partial charge in [-0.05, 0) is 24.3 Å². The molecule has 0 bridgehead atoms. The largest absolute Gasteiger partial charge is 0.485 e. The summed E-state index contributed by atoms with van der Waals surface area (Å²) in [5, 5.41) is 2.09. The van der Waals surface area contributed by atoms with E-state index in [1.807, 2.05) is 41.3 Å². The van der Waals surface area contributed by atoms with Crippen molar-refractivity contribution in [1.29, 1.82) is 0 Å². The van der Waals surface area contributed by atoms with Crippen molar-refractivity contribution in [3.63, 3.8) is 0 Å². The van der Waals surface area contributed by atoms with E-state index in [0.717, 1.165) is 42.2 Å². The minimum absolute atomic E-state index is 0.161. The van der Waals surface area contributed by atoms with Crippen LogP contribution in [-0.4, -0.2) is 35.3 Å². The first-order chi connectivity index (χ1) is 12.2. The first-order valence-corrected chi connectivity index (χ1v) is 9.18. The summed E-state index contributed by atoms with van der Waals surface area (Å²) in [7, 11) is 0. The molecule has 2 aliphatic heterocycles. The Labute approximate surface area is 146 Å².